The van der Waals surface area contributed by atoms with Crippen LogP contribution in [0, 0.1) is 13.8 Å². The number of nitrogens with zero attached hydrogens (tertiary/aromatic N) is 2. The Kier molecular flexibility index (Phi) is 4.52. The zero-order chi connectivity index (χ0) is 12.3. The second kappa shape index (κ2) is 5.29. The lowest BCUT2D eigenvalue weighted by Gasteiger charge is -2.21. The van der Waals surface area contributed by atoms with Crippen molar-refractivity contribution in [1.29, 1.82) is 0 Å². The minimum absolute atomic E-state index is 0.0216. The van der Waals surface area contributed by atoms with E-state index in [0.717, 1.165) is 35.2 Å². The molecule has 92 valence electrons. The van der Waals surface area contributed by atoms with Crippen LogP contribution in [0.1, 0.15) is 31.2 Å². The van der Waals surface area contributed by atoms with E-state index in [4.69, 9.17) is 10.8 Å². The maximum atomic E-state index is 9.04. The second-order valence-corrected chi connectivity index (χ2v) is 5.42. The Bertz CT molecular complexity index is 360. The number of hydrogen-bond acceptors (Lipinski definition) is 3. The lowest BCUT2D eigenvalue weighted by Crippen LogP contribution is -2.40. The highest BCUT2D eigenvalue weighted by Gasteiger charge is 2.16. The van der Waals surface area contributed by atoms with Crippen molar-refractivity contribution >= 4 is 15.9 Å². The molecule has 1 aromatic rings. The standard InChI is InChI=1S/C11H20BrN3O/c1-8-10(12)9(2)15(14-8)6-4-5-11(3,13)7-16/h16H,4-7,13H2,1-3H3. The number of hydrogen-bond donors (Lipinski definition) is 2. The van der Waals surface area contributed by atoms with Crippen molar-refractivity contribution in [2.45, 2.75) is 45.7 Å². The van der Waals surface area contributed by atoms with Crippen LogP contribution in [0.15, 0.2) is 4.47 Å². The van der Waals surface area contributed by atoms with Gasteiger partial charge in [-0.1, -0.05) is 0 Å². The molecule has 1 heterocycles. The van der Waals surface area contributed by atoms with Crippen LogP contribution in [0.25, 0.3) is 0 Å². The van der Waals surface area contributed by atoms with Gasteiger partial charge in [-0.15, -0.1) is 0 Å². The second-order valence-electron chi connectivity index (χ2n) is 4.62. The van der Waals surface area contributed by atoms with Crippen LogP contribution in [0.3, 0.4) is 0 Å². The molecule has 0 aliphatic heterocycles. The van der Waals surface area contributed by atoms with Gasteiger partial charge in [-0.2, -0.15) is 5.10 Å². The molecule has 1 atom stereocenters. The number of rotatable bonds is 5. The molecular formula is C11H20BrN3O. The summed E-state index contributed by atoms with van der Waals surface area (Å²) in [6, 6.07) is 0. The summed E-state index contributed by atoms with van der Waals surface area (Å²) < 4.78 is 3.05. The van der Waals surface area contributed by atoms with E-state index in [0.29, 0.717) is 0 Å². The Morgan fingerprint density at radius 1 is 1.50 bits per heavy atom. The molecule has 0 bridgehead atoms. The largest absolute Gasteiger partial charge is 0.394 e. The molecule has 5 heteroatoms. The third-order valence-electron chi connectivity index (χ3n) is 2.77. The monoisotopic (exact) mass is 289 g/mol. The normalized spacial score (nSPS) is 15.1. The van der Waals surface area contributed by atoms with E-state index < -0.39 is 5.54 Å². The number of aryl methyl sites for hydroxylation is 2. The van der Waals surface area contributed by atoms with Crippen molar-refractivity contribution < 1.29 is 5.11 Å². The van der Waals surface area contributed by atoms with Crippen LogP contribution < -0.4 is 5.73 Å². The van der Waals surface area contributed by atoms with Gasteiger partial charge in [0.15, 0.2) is 0 Å². The molecular weight excluding hydrogens is 270 g/mol. The number of aromatic nitrogens is 2. The highest BCUT2D eigenvalue weighted by atomic mass is 79.9. The molecule has 0 aliphatic carbocycles. The molecule has 16 heavy (non-hydrogen) atoms. The molecule has 0 saturated carbocycles. The van der Waals surface area contributed by atoms with Crippen LogP contribution in [-0.2, 0) is 6.54 Å². The fourth-order valence-corrected chi connectivity index (χ4v) is 1.89. The zero-order valence-corrected chi connectivity index (χ0v) is 11.7. The Labute approximate surface area is 105 Å². The SMILES string of the molecule is Cc1nn(CCCC(C)(N)CO)c(C)c1Br. The van der Waals surface area contributed by atoms with Gasteiger partial charge in [-0.3, -0.25) is 4.68 Å². The third-order valence-corrected chi connectivity index (χ3v) is 3.92. The third kappa shape index (κ3) is 3.30. The van der Waals surface area contributed by atoms with Crippen molar-refractivity contribution in [3.8, 4) is 0 Å². The maximum Gasteiger partial charge on any atom is 0.0738 e. The fraction of sp³-hybridized carbons (Fsp3) is 0.727. The molecule has 0 amide bonds. The van der Waals surface area contributed by atoms with E-state index in [1.807, 2.05) is 25.5 Å². The van der Waals surface area contributed by atoms with Gasteiger partial charge in [-0.25, -0.2) is 0 Å². The number of aliphatic hydroxyl groups excluding tert-OH is 1. The van der Waals surface area contributed by atoms with E-state index in [1.165, 1.54) is 0 Å². The van der Waals surface area contributed by atoms with Gasteiger partial charge >= 0.3 is 0 Å². The van der Waals surface area contributed by atoms with Crippen LogP contribution in [0.4, 0.5) is 0 Å². The van der Waals surface area contributed by atoms with Crippen LogP contribution in [-0.4, -0.2) is 27.0 Å². The molecule has 0 aliphatic rings. The van der Waals surface area contributed by atoms with Crippen LogP contribution >= 0.6 is 15.9 Å². The van der Waals surface area contributed by atoms with E-state index in [1.54, 1.807) is 0 Å². The number of aliphatic hydroxyl groups is 1. The highest BCUT2D eigenvalue weighted by molar-refractivity contribution is 9.10. The average Bonchev–Trinajstić information content (AvgIpc) is 2.46. The Balaban J connectivity index is 2.53. The molecule has 4 nitrogen and oxygen atoms in total. The maximum absolute atomic E-state index is 9.04. The first-order valence-corrected chi connectivity index (χ1v) is 6.26. The minimum atomic E-state index is -0.479. The summed E-state index contributed by atoms with van der Waals surface area (Å²) >= 11 is 3.50. The summed E-state index contributed by atoms with van der Waals surface area (Å²) in [5.74, 6) is 0. The van der Waals surface area contributed by atoms with Crippen molar-refractivity contribution in [2.24, 2.45) is 5.73 Å². The molecule has 0 radical (unpaired) electrons. The van der Waals surface area contributed by atoms with Gasteiger partial charge in [-0.05, 0) is 49.5 Å². The highest BCUT2D eigenvalue weighted by Crippen LogP contribution is 2.20. The van der Waals surface area contributed by atoms with Crippen LogP contribution in [0.2, 0.25) is 0 Å². The van der Waals surface area contributed by atoms with E-state index in [9.17, 15) is 0 Å². The van der Waals surface area contributed by atoms with E-state index in [-0.39, 0.29) is 6.61 Å². The average molecular weight is 290 g/mol. The molecule has 1 rings (SSSR count). The number of halogens is 1. The van der Waals surface area contributed by atoms with Gasteiger partial charge in [0.05, 0.1) is 16.8 Å². The first-order chi connectivity index (χ1) is 7.37. The number of nitrogens with two attached hydrogens (primary N) is 1. The first kappa shape index (κ1) is 13.7. The lowest BCUT2D eigenvalue weighted by atomic mass is 9.98. The summed E-state index contributed by atoms with van der Waals surface area (Å²) in [5.41, 5.74) is 7.53. The van der Waals surface area contributed by atoms with Gasteiger partial charge < -0.3 is 10.8 Å². The fourth-order valence-electron chi connectivity index (χ4n) is 1.60. The molecule has 3 N–H and O–H groups in total. The Hall–Kier alpha value is -0.390. The quantitative estimate of drug-likeness (QED) is 0.868. The van der Waals surface area contributed by atoms with Crippen molar-refractivity contribution in [3.05, 3.63) is 15.9 Å². The molecule has 1 aromatic heterocycles. The summed E-state index contributed by atoms with van der Waals surface area (Å²) in [5, 5.41) is 13.5. The van der Waals surface area contributed by atoms with Crippen molar-refractivity contribution in [1.82, 2.24) is 9.78 Å². The minimum Gasteiger partial charge on any atom is -0.394 e. The molecule has 0 spiro atoms. The van der Waals surface area contributed by atoms with Gasteiger partial charge in [0, 0.05) is 17.8 Å². The van der Waals surface area contributed by atoms with Crippen LogP contribution in [0.5, 0.6) is 0 Å². The van der Waals surface area contributed by atoms with Gasteiger partial charge in [0.2, 0.25) is 0 Å². The van der Waals surface area contributed by atoms with E-state index in [2.05, 4.69) is 21.0 Å². The predicted molar refractivity (Wildman–Crippen MR) is 68.3 cm³/mol. The van der Waals surface area contributed by atoms with Crippen molar-refractivity contribution in [3.63, 3.8) is 0 Å². The molecule has 0 fully saturated rings. The lowest BCUT2D eigenvalue weighted by molar-refractivity contribution is 0.196. The Morgan fingerprint density at radius 3 is 2.56 bits per heavy atom. The smallest absolute Gasteiger partial charge is 0.0738 e. The van der Waals surface area contributed by atoms with Gasteiger partial charge in [0.25, 0.3) is 0 Å². The topological polar surface area (TPSA) is 64.1 Å². The summed E-state index contributed by atoms with van der Waals surface area (Å²) in [7, 11) is 0. The van der Waals surface area contributed by atoms with E-state index >= 15 is 0 Å². The molecule has 1 unspecified atom stereocenters. The predicted octanol–water partition coefficient (Wildman–Crippen LogP) is 1.75. The molecule has 0 aromatic carbocycles. The molecule has 0 saturated heterocycles. The summed E-state index contributed by atoms with van der Waals surface area (Å²) in [4.78, 5) is 0. The summed E-state index contributed by atoms with van der Waals surface area (Å²) in [6.07, 6.45) is 1.71. The van der Waals surface area contributed by atoms with Gasteiger partial charge in [0.1, 0.15) is 0 Å². The van der Waals surface area contributed by atoms with Crippen molar-refractivity contribution in [2.75, 3.05) is 6.61 Å². The first-order valence-electron chi connectivity index (χ1n) is 5.46. The Morgan fingerprint density at radius 2 is 2.12 bits per heavy atom. The zero-order valence-electron chi connectivity index (χ0n) is 10.1. The summed E-state index contributed by atoms with van der Waals surface area (Å²) in [6.45, 7) is 6.75.